The van der Waals surface area contributed by atoms with Crippen LogP contribution in [0.5, 0.6) is 0 Å². The van der Waals surface area contributed by atoms with E-state index < -0.39 is 0 Å². The minimum absolute atomic E-state index is 0.227. The standard InChI is InChI=1S/C56H43N5/c1-56(33-38-16-17-39(26-38)34-56)52-24-22-43(23-25-52)50-30-49(41-9-3-2-4-10-41)31-51(32-50)55-60-53(47-14-6-12-45(28-47)42-20-18-37(35-57)19-21-42)59-54(61-55)48-15-7-13-46(29-48)44-11-5-8-40(27-44)36-58/h2-15,18-25,27-32,38-39H,16-17,26,33-34H2,1H3/t38-,39+,56?. The van der Waals surface area contributed by atoms with Crippen LogP contribution in [0.2, 0.25) is 0 Å². The predicted octanol–water partition coefficient (Wildman–Crippen LogP) is 13.8. The third-order valence-corrected chi connectivity index (χ3v) is 12.9. The molecule has 0 saturated heterocycles. The third kappa shape index (κ3) is 7.75. The summed E-state index contributed by atoms with van der Waals surface area (Å²) in [4.78, 5) is 15.6. The van der Waals surface area contributed by atoms with Gasteiger partial charge in [-0.25, -0.2) is 15.0 Å². The van der Waals surface area contributed by atoms with Gasteiger partial charge >= 0.3 is 0 Å². The Bertz CT molecular complexity index is 2980. The zero-order valence-electron chi connectivity index (χ0n) is 34.1. The summed E-state index contributed by atoms with van der Waals surface area (Å²) < 4.78 is 0. The van der Waals surface area contributed by atoms with Crippen molar-refractivity contribution in [3.63, 3.8) is 0 Å². The fraction of sp³-hybridized carbons (Fsp3) is 0.161. The van der Waals surface area contributed by atoms with E-state index in [0.29, 0.717) is 28.6 Å². The van der Waals surface area contributed by atoms with Crippen LogP contribution in [0.3, 0.4) is 0 Å². The highest BCUT2D eigenvalue weighted by Crippen LogP contribution is 2.52. The number of fused-ring (bicyclic) bond motifs is 2. The Labute approximate surface area is 357 Å². The lowest BCUT2D eigenvalue weighted by molar-refractivity contribution is 0.232. The van der Waals surface area contributed by atoms with Crippen LogP contribution in [-0.2, 0) is 5.41 Å². The Hall–Kier alpha value is -7.47. The number of aromatic nitrogens is 3. The van der Waals surface area contributed by atoms with Gasteiger partial charge in [-0.1, -0.05) is 135 Å². The van der Waals surface area contributed by atoms with E-state index in [4.69, 9.17) is 15.0 Å². The maximum Gasteiger partial charge on any atom is 0.164 e. The molecule has 8 aromatic rings. The first-order valence-electron chi connectivity index (χ1n) is 21.2. The summed E-state index contributed by atoms with van der Waals surface area (Å²) in [6.45, 7) is 2.48. The molecule has 5 nitrogen and oxygen atoms in total. The zero-order valence-corrected chi connectivity index (χ0v) is 34.1. The molecule has 3 atom stereocenters. The molecule has 0 spiro atoms. The summed E-state index contributed by atoms with van der Waals surface area (Å²) in [5, 5.41) is 19.0. The average molecular weight is 786 g/mol. The van der Waals surface area contributed by atoms with E-state index in [0.717, 1.165) is 73.0 Å². The molecule has 0 amide bonds. The highest BCUT2D eigenvalue weighted by molar-refractivity contribution is 5.81. The molecule has 5 heteroatoms. The van der Waals surface area contributed by atoms with Crippen LogP contribution < -0.4 is 0 Å². The Morgan fingerprint density at radius 1 is 0.410 bits per heavy atom. The molecule has 0 radical (unpaired) electrons. The van der Waals surface area contributed by atoms with E-state index >= 15 is 0 Å². The van der Waals surface area contributed by atoms with E-state index in [1.807, 2.05) is 84.9 Å². The van der Waals surface area contributed by atoms with Gasteiger partial charge in [-0.2, -0.15) is 10.5 Å². The summed E-state index contributed by atoms with van der Waals surface area (Å²) >= 11 is 0. The lowest BCUT2D eigenvalue weighted by Gasteiger charge is -2.38. The molecule has 2 aliphatic carbocycles. The summed E-state index contributed by atoms with van der Waals surface area (Å²) in [6, 6.07) is 62.6. The summed E-state index contributed by atoms with van der Waals surface area (Å²) in [6.07, 6.45) is 6.75. The van der Waals surface area contributed by atoms with Crippen LogP contribution in [0.25, 0.3) is 78.7 Å². The van der Waals surface area contributed by atoms with E-state index in [-0.39, 0.29) is 5.41 Å². The van der Waals surface area contributed by atoms with Gasteiger partial charge < -0.3 is 0 Å². The number of hydrogen-bond acceptors (Lipinski definition) is 5. The zero-order chi connectivity index (χ0) is 41.3. The van der Waals surface area contributed by atoms with Crippen molar-refractivity contribution in [1.29, 1.82) is 10.5 Å². The SMILES string of the molecule is CC1(c2ccc(-c3cc(-c4ccccc4)cc(-c4nc(-c5cccc(-c6ccc(C#N)cc6)c5)nc(-c5cccc(-c6cccc(C#N)c6)c5)n4)c3)cc2)C[C@@H]2CC[C@@H](C2)C1. The quantitative estimate of drug-likeness (QED) is 0.153. The molecule has 10 rings (SSSR count). The summed E-state index contributed by atoms with van der Waals surface area (Å²) in [5.74, 6) is 3.39. The van der Waals surface area contributed by atoms with Crippen LogP contribution >= 0.6 is 0 Å². The van der Waals surface area contributed by atoms with E-state index in [1.54, 1.807) is 0 Å². The van der Waals surface area contributed by atoms with Gasteiger partial charge in [0.05, 0.1) is 23.3 Å². The lowest BCUT2D eigenvalue weighted by Crippen LogP contribution is -2.30. The number of rotatable bonds is 8. The minimum atomic E-state index is 0.227. The number of hydrogen-bond donors (Lipinski definition) is 0. The van der Waals surface area contributed by atoms with Crippen LogP contribution in [0, 0.1) is 34.5 Å². The average Bonchev–Trinajstić information content (AvgIpc) is 3.69. The molecular weight excluding hydrogens is 743 g/mol. The first-order valence-corrected chi connectivity index (χ1v) is 21.2. The molecule has 292 valence electrons. The Balaban J connectivity index is 1.11. The number of nitrogens with zero attached hydrogens (tertiary/aromatic N) is 5. The topological polar surface area (TPSA) is 86.2 Å². The van der Waals surface area contributed by atoms with E-state index in [1.165, 1.54) is 37.7 Å². The molecule has 2 aliphatic rings. The Morgan fingerprint density at radius 3 is 1.43 bits per heavy atom. The van der Waals surface area contributed by atoms with Crippen LogP contribution in [0.4, 0.5) is 0 Å². The van der Waals surface area contributed by atoms with Crippen molar-refractivity contribution >= 4 is 0 Å². The van der Waals surface area contributed by atoms with Crippen molar-refractivity contribution in [2.75, 3.05) is 0 Å². The molecule has 2 saturated carbocycles. The van der Waals surface area contributed by atoms with E-state index in [2.05, 4.69) is 104 Å². The second-order valence-electron chi connectivity index (χ2n) is 17.1. The normalized spacial score (nSPS) is 18.0. The monoisotopic (exact) mass is 785 g/mol. The first-order chi connectivity index (χ1) is 29.9. The van der Waals surface area contributed by atoms with Crippen molar-refractivity contribution < 1.29 is 0 Å². The maximum atomic E-state index is 9.63. The fourth-order valence-electron chi connectivity index (χ4n) is 9.87. The van der Waals surface area contributed by atoms with E-state index in [9.17, 15) is 10.5 Å². The highest BCUT2D eigenvalue weighted by Gasteiger charge is 2.41. The van der Waals surface area contributed by atoms with Gasteiger partial charge in [0.15, 0.2) is 17.5 Å². The van der Waals surface area contributed by atoms with Crippen molar-refractivity contribution in [3.05, 3.63) is 187 Å². The summed E-state index contributed by atoms with van der Waals surface area (Å²) in [5.41, 5.74) is 13.8. The van der Waals surface area contributed by atoms with Crippen molar-refractivity contribution in [3.8, 4) is 90.8 Å². The van der Waals surface area contributed by atoms with Gasteiger partial charge in [0.25, 0.3) is 0 Å². The van der Waals surface area contributed by atoms with Gasteiger partial charge in [-0.05, 0) is 141 Å². The van der Waals surface area contributed by atoms with Crippen LogP contribution in [0.15, 0.2) is 170 Å². The first kappa shape index (κ1) is 37.8. The van der Waals surface area contributed by atoms with Crippen molar-refractivity contribution in [2.24, 2.45) is 11.8 Å². The third-order valence-electron chi connectivity index (χ3n) is 12.9. The highest BCUT2D eigenvalue weighted by atomic mass is 15.0. The van der Waals surface area contributed by atoms with Crippen LogP contribution in [-0.4, -0.2) is 15.0 Å². The second-order valence-corrected chi connectivity index (χ2v) is 17.1. The molecule has 7 aromatic carbocycles. The Morgan fingerprint density at radius 2 is 0.836 bits per heavy atom. The van der Waals surface area contributed by atoms with Gasteiger partial charge in [0.2, 0.25) is 0 Å². The molecular formula is C56H43N5. The largest absolute Gasteiger partial charge is 0.208 e. The fourth-order valence-corrected chi connectivity index (χ4v) is 9.87. The molecule has 61 heavy (non-hydrogen) atoms. The number of nitriles is 2. The molecule has 1 unspecified atom stereocenters. The number of benzene rings is 7. The molecule has 0 N–H and O–H groups in total. The molecule has 2 fully saturated rings. The minimum Gasteiger partial charge on any atom is -0.208 e. The molecule has 1 heterocycles. The maximum absolute atomic E-state index is 9.63. The summed E-state index contributed by atoms with van der Waals surface area (Å²) in [7, 11) is 0. The van der Waals surface area contributed by atoms with Crippen molar-refractivity contribution in [2.45, 2.75) is 44.4 Å². The van der Waals surface area contributed by atoms with Gasteiger partial charge in [0, 0.05) is 16.7 Å². The molecule has 2 bridgehead atoms. The second kappa shape index (κ2) is 15.9. The van der Waals surface area contributed by atoms with Crippen molar-refractivity contribution in [1.82, 2.24) is 15.0 Å². The van der Waals surface area contributed by atoms with Gasteiger partial charge in [0.1, 0.15) is 0 Å². The lowest BCUT2D eigenvalue weighted by atomic mass is 9.66. The molecule has 1 aromatic heterocycles. The van der Waals surface area contributed by atoms with Gasteiger partial charge in [-0.3, -0.25) is 0 Å². The molecule has 0 aliphatic heterocycles. The Kier molecular flexibility index (Phi) is 9.87. The smallest absolute Gasteiger partial charge is 0.164 e. The predicted molar refractivity (Wildman–Crippen MR) is 245 cm³/mol. The van der Waals surface area contributed by atoms with Gasteiger partial charge in [-0.15, -0.1) is 0 Å². The van der Waals surface area contributed by atoms with Crippen LogP contribution in [0.1, 0.15) is 55.7 Å².